The summed E-state index contributed by atoms with van der Waals surface area (Å²) in [4.78, 5) is 156. The number of nitrogens with zero attached hydrogens (tertiary/aromatic N) is 21. The van der Waals surface area contributed by atoms with E-state index in [0.717, 1.165) is 23.5 Å². The normalized spacial score (nSPS) is 36.9. The molecule has 6 unspecified atom stereocenters. The molecule has 9 fully saturated rings. The molecule has 0 saturated carbocycles. The Labute approximate surface area is 776 Å². The summed E-state index contributed by atoms with van der Waals surface area (Å²) in [6.45, 7) is -27.8. The van der Waals surface area contributed by atoms with Crippen LogP contribution in [0.1, 0.15) is 54.1 Å². The minimum absolute atomic E-state index is 0.00862. The Hall–Kier alpha value is -7.09. The van der Waals surface area contributed by atoms with Crippen molar-refractivity contribution < 1.29 is 120 Å². The lowest BCUT2D eigenvalue weighted by molar-refractivity contribution is -0.0529. The quantitative estimate of drug-likeness (QED) is 0.0640. The van der Waals surface area contributed by atoms with Gasteiger partial charge in [-0.3, -0.25) is 79.3 Å². The standard InChI is InChI=1S/2C20H22F2N10O8P2S3.C20H24N10O9P2S2/c2*21-8-7-2-37-42(35,44)39-12-6(38-18(9(12)22)31-4-27-10-14(23)25-3-26-15(10)31)1-36-41(34,43)40-13(8)19(45-7)32-5-28-11-16(32)29-20(24)30-17(11)33;21-15-17-23-3-9(30(17)26-6-24-15)10-2-11-13(37-10)5-35-41(33,43)39-12-1-8(4-34-40(32,42)38-11)36-19(12)29-7-25-14-16(29)27-20(22)28-18(14)31/h2*3-9,12-13,18-19H,1-2H2,(H,34,43)(H,35,44)(H2,23,25,26)(H3,24,29,30,33);3,6-8,10-13,19H,1-2,4-5H2,(H,32,42)(H,33,43)(H2,21,24,26)(H3,22,27,28,31)/t2*6-,7-,8+,9+,12-,13-,18-,19-,41?,42?;8-,10+,11-,12+,13+,19+,40?,41?/m110/s1. The number of hydrogen-bond donors (Lipinski definition) is 15. The molecule has 133 heavy (non-hydrogen) atoms. The minimum Gasteiger partial charge on any atom is -0.382 e. The van der Waals surface area contributed by atoms with Crippen molar-refractivity contribution in [3.63, 3.8) is 0 Å². The number of ether oxygens (including phenoxy) is 4. The maximum atomic E-state index is 16.0. The lowest BCUT2D eigenvalue weighted by Gasteiger charge is -2.27. The van der Waals surface area contributed by atoms with E-state index in [1.165, 1.54) is 84.2 Å². The Morgan fingerprint density at radius 1 is 0.406 bits per heavy atom. The van der Waals surface area contributed by atoms with Gasteiger partial charge < -0.3 is 105 Å². The zero-order chi connectivity index (χ0) is 93.8. The molecule has 714 valence electrons. The number of alkyl halides is 4. The third-order valence-electron chi connectivity index (χ3n) is 21.6. The average molecular weight is 2130 g/mol. The van der Waals surface area contributed by atoms with Crippen molar-refractivity contribution in [1.29, 1.82) is 0 Å². The summed E-state index contributed by atoms with van der Waals surface area (Å²) in [5.41, 5.74) is 34.5. The SMILES string of the molecule is Nc1nc2c(ncn2[C@@H]2O[C@@H]3COP(O)(=S)O[C@H]4C[C@H](c5cnc6c(N)ncnn56)O[C@@H]4COP(=O)(S)O[C@@H]2C3)c(=O)[nH]1.Nc1nc2c(ncn2[C@@H]2S[C@@H]3COP(O)(=S)O[C@H]4[C@H](F)[C@H](n5cnc6c(N)ncnc65)O[C@@H]4COP(O)(=S)O[C@@H]2[C@H]3F)c(=O)[nH]1.Nc1nc2c(ncn2[C@@H]2S[C@@H]3COP(O)(=S)O[C@H]4[C@H](F)[C@H](n5cnc6c(N)ncnc65)O[C@@H]4COP(O)(=S)O[C@@H]2[C@H]3F)c(=O)[nH]1. The van der Waals surface area contributed by atoms with E-state index in [1.54, 1.807) is 0 Å². The summed E-state index contributed by atoms with van der Waals surface area (Å²) < 4.78 is 177. The number of anilines is 6. The van der Waals surface area contributed by atoms with Gasteiger partial charge in [-0.1, -0.05) is 12.2 Å². The van der Waals surface area contributed by atoms with Crippen LogP contribution in [0.5, 0.6) is 0 Å². The smallest absolute Gasteiger partial charge is 0.382 e. The molecule has 21 rings (SSSR count). The Morgan fingerprint density at radius 2 is 0.812 bits per heavy atom. The summed E-state index contributed by atoms with van der Waals surface area (Å²) in [5, 5.41) is -0.0238. The first kappa shape index (κ1) is 94.9. The number of nitrogens with one attached hydrogen (secondary N) is 3. The summed E-state index contributed by atoms with van der Waals surface area (Å²) in [6, 6.07) is 0. The van der Waals surface area contributed by atoms with E-state index >= 15 is 17.6 Å². The van der Waals surface area contributed by atoms with Gasteiger partial charge in [0.1, 0.15) is 108 Å². The van der Waals surface area contributed by atoms with E-state index in [4.69, 9.17) is 167 Å². The number of halogens is 4. The van der Waals surface area contributed by atoms with E-state index < -0.39 is 215 Å². The molecular weight excluding hydrogens is 2060 g/mol. The highest BCUT2D eigenvalue weighted by atomic mass is 32.7. The molecule has 9 aliphatic heterocycles. The number of aromatic amines is 3. The van der Waals surface area contributed by atoms with Crippen molar-refractivity contribution in [2.75, 3.05) is 74.0 Å². The molecule has 20 N–H and O–H groups in total. The summed E-state index contributed by atoms with van der Waals surface area (Å²) >= 11 is 32.2. The van der Waals surface area contributed by atoms with Crippen LogP contribution >= 0.6 is 76.2 Å². The summed E-state index contributed by atoms with van der Waals surface area (Å²) in [5.74, 6) is -0.271. The van der Waals surface area contributed by atoms with Crippen LogP contribution in [0, 0.1) is 0 Å². The van der Waals surface area contributed by atoms with Crippen LogP contribution < -0.4 is 51.1 Å². The number of H-pyrrole nitrogens is 3. The molecule has 9 aliphatic rings. The van der Waals surface area contributed by atoms with Gasteiger partial charge >= 0.3 is 40.4 Å². The molecule has 12 aromatic heterocycles. The molecule has 0 aromatic carbocycles. The van der Waals surface area contributed by atoms with Crippen LogP contribution in [-0.4, -0.2) is 278 Å². The first-order valence-corrected chi connectivity index (χ1v) is 56.0. The highest BCUT2D eigenvalue weighted by Crippen LogP contribution is 2.63. The number of nitrogens with two attached hydrogens (primary N) is 6. The fourth-order valence-corrected chi connectivity index (χ4v) is 27.7. The van der Waals surface area contributed by atoms with Crippen molar-refractivity contribution in [3.05, 3.63) is 93.6 Å². The Bertz CT molecular complexity index is 6800. The zero-order valence-corrected chi connectivity index (χ0v) is 78.3. The molecule has 0 spiro atoms. The maximum Gasteiger partial charge on any atom is 0.386 e. The topological polar surface area (TPSA) is 743 Å². The van der Waals surface area contributed by atoms with Crippen LogP contribution in [0.25, 0.3) is 61.5 Å². The molecule has 12 aromatic rings. The van der Waals surface area contributed by atoms with Crippen molar-refractivity contribution >= 4 is 232 Å². The fourth-order valence-electron chi connectivity index (χ4n) is 15.7. The number of fused-ring (bicyclic) bond motifs is 15. The van der Waals surface area contributed by atoms with Crippen molar-refractivity contribution in [3.8, 4) is 0 Å². The van der Waals surface area contributed by atoms with E-state index in [2.05, 4.69) is 102 Å². The molecule has 9 saturated heterocycles. The predicted molar refractivity (Wildman–Crippen MR) is 475 cm³/mol. The van der Waals surface area contributed by atoms with E-state index in [-0.39, 0.29) is 117 Å². The van der Waals surface area contributed by atoms with Gasteiger partial charge in [0, 0.05) is 12.8 Å². The molecule has 55 nitrogen and oxygen atoms in total. The number of thioether (sulfide) groups is 2. The van der Waals surface area contributed by atoms with Gasteiger partial charge in [0.15, 0.2) is 98.9 Å². The van der Waals surface area contributed by atoms with Crippen LogP contribution in [0.3, 0.4) is 0 Å². The fraction of sp³-hybridized carbons (Fsp3) is 0.500. The van der Waals surface area contributed by atoms with Gasteiger partial charge in [0.05, 0.1) is 106 Å². The second-order valence-corrected chi connectivity index (χ2v) is 49.6. The number of rotatable bonds is 6. The second kappa shape index (κ2) is 36.6. The average Bonchev–Trinajstić information content (AvgIpc) is 1.63. The zero-order valence-electron chi connectivity index (χ0n) is 66.3. The highest BCUT2D eigenvalue weighted by molar-refractivity contribution is 8.44. The van der Waals surface area contributed by atoms with E-state index in [9.17, 15) is 43.4 Å². The van der Waals surface area contributed by atoms with Gasteiger partial charge in [-0.25, -0.2) is 81.5 Å². The van der Waals surface area contributed by atoms with Crippen molar-refractivity contribution in [2.45, 2.75) is 145 Å². The molecule has 73 heteroatoms. The number of hydrogen-bond acceptors (Lipinski definition) is 48. The van der Waals surface area contributed by atoms with Crippen LogP contribution in [0.2, 0.25) is 0 Å². The molecule has 0 amide bonds. The molecule has 0 aliphatic carbocycles. The predicted octanol–water partition coefficient (Wildman–Crippen LogP) is 1.74. The van der Waals surface area contributed by atoms with Gasteiger partial charge in [-0.2, -0.15) is 20.1 Å². The van der Waals surface area contributed by atoms with Crippen molar-refractivity contribution in [1.82, 2.24) is 117 Å². The molecular formula is C60H68F4N30O25P6S8. The summed E-state index contributed by atoms with van der Waals surface area (Å²) in [7, 11) is 0. The van der Waals surface area contributed by atoms with Crippen LogP contribution in [0.4, 0.5) is 52.9 Å². The lowest BCUT2D eigenvalue weighted by atomic mass is 10.1. The van der Waals surface area contributed by atoms with E-state index in [0.29, 0.717) is 11.3 Å². The van der Waals surface area contributed by atoms with Crippen LogP contribution in [-0.2, 0) is 137 Å². The lowest BCUT2D eigenvalue weighted by Crippen LogP contribution is -2.34. The maximum absolute atomic E-state index is 16.0. The number of nitrogen functional groups attached to an aromatic ring is 6. The first-order chi connectivity index (χ1) is 63.1. The Balaban J connectivity index is 0.000000129. The van der Waals surface area contributed by atoms with Crippen LogP contribution in [0.15, 0.2) is 71.2 Å². The monoisotopic (exact) mass is 2130 g/mol. The third-order valence-corrected chi connectivity index (χ3v) is 34.1. The minimum atomic E-state index is -4.28. The highest BCUT2D eigenvalue weighted by Gasteiger charge is 2.57. The first-order valence-electron chi connectivity index (χ1n) is 38.5. The largest absolute Gasteiger partial charge is 0.386 e. The Morgan fingerprint density at radius 3 is 1.29 bits per heavy atom. The number of thiol groups is 1. The van der Waals surface area contributed by atoms with Crippen molar-refractivity contribution in [2.24, 2.45) is 0 Å². The second-order valence-electron chi connectivity index (χ2n) is 30.0. The number of aromatic nitrogens is 24. The third kappa shape index (κ3) is 19.0. The van der Waals surface area contributed by atoms with Gasteiger partial charge in [-0.15, -0.1) is 23.5 Å². The molecule has 6 bridgehead atoms. The molecule has 0 radical (unpaired) electrons. The van der Waals surface area contributed by atoms with Gasteiger partial charge in [0.2, 0.25) is 17.8 Å². The van der Waals surface area contributed by atoms with Gasteiger partial charge in [0.25, 0.3) is 16.7 Å². The molecule has 28 atom stereocenters. The summed E-state index contributed by atoms with van der Waals surface area (Å²) in [6.07, 6.45) is -12.8. The number of imidazole rings is 6. The van der Waals surface area contributed by atoms with E-state index in [1.807, 2.05) is 0 Å². The Kier molecular flexibility index (Phi) is 26.1. The molecule has 21 heterocycles. The van der Waals surface area contributed by atoms with Gasteiger partial charge in [-0.05, 0) is 59.0 Å².